The molecule has 1 saturated heterocycles. The molecule has 0 spiro atoms. The number of hydrogen-bond donors (Lipinski definition) is 1. The Bertz CT molecular complexity index is 439. The van der Waals surface area contributed by atoms with Gasteiger partial charge in [0.15, 0.2) is 0 Å². The zero-order valence-electron chi connectivity index (χ0n) is 13.9. The van der Waals surface area contributed by atoms with E-state index in [1.165, 1.54) is 0 Å². The summed E-state index contributed by atoms with van der Waals surface area (Å²) in [5.41, 5.74) is 0.932. The van der Waals surface area contributed by atoms with Crippen molar-refractivity contribution in [3.8, 4) is 0 Å². The minimum Gasteiger partial charge on any atom is -0.399 e. The highest BCUT2D eigenvalue weighted by molar-refractivity contribution is 6.62. The first-order chi connectivity index (χ1) is 9.77. The summed E-state index contributed by atoms with van der Waals surface area (Å²) in [6.07, 6.45) is 0.827. The standard InChI is InChI=1S/C13H17BO3.C3H9N/c1-12(2)13(3,4)17-14(16-12)11-7-5-10(9-15)6-8-11;1-3-4-2/h5-9H,1-4H3;4H,3H2,1-2H3. The van der Waals surface area contributed by atoms with Crippen molar-refractivity contribution in [2.45, 2.75) is 45.8 Å². The van der Waals surface area contributed by atoms with Crippen molar-refractivity contribution in [1.82, 2.24) is 5.32 Å². The maximum atomic E-state index is 10.6. The molecular formula is C16H26BNO3. The Morgan fingerprint density at radius 3 is 1.86 bits per heavy atom. The van der Waals surface area contributed by atoms with E-state index in [-0.39, 0.29) is 18.3 Å². The minimum atomic E-state index is -0.360. The van der Waals surface area contributed by atoms with Crippen molar-refractivity contribution in [3.63, 3.8) is 0 Å². The van der Waals surface area contributed by atoms with Crippen molar-refractivity contribution < 1.29 is 14.1 Å². The van der Waals surface area contributed by atoms with E-state index in [9.17, 15) is 4.79 Å². The smallest absolute Gasteiger partial charge is 0.399 e. The van der Waals surface area contributed by atoms with Crippen molar-refractivity contribution in [1.29, 1.82) is 0 Å². The number of hydrogen-bond acceptors (Lipinski definition) is 4. The average Bonchev–Trinajstić information content (AvgIpc) is 2.68. The molecule has 0 radical (unpaired) electrons. The number of aldehydes is 1. The van der Waals surface area contributed by atoms with E-state index in [0.717, 1.165) is 18.3 Å². The van der Waals surface area contributed by atoms with E-state index >= 15 is 0 Å². The van der Waals surface area contributed by atoms with Gasteiger partial charge in [0.05, 0.1) is 11.2 Å². The number of carbonyl (C=O) groups is 1. The zero-order chi connectivity index (χ0) is 16.1. The minimum absolute atomic E-state index is 0.332. The molecule has 5 heteroatoms. The highest BCUT2D eigenvalue weighted by Crippen LogP contribution is 2.36. The summed E-state index contributed by atoms with van der Waals surface area (Å²) in [7, 11) is 1.57. The van der Waals surface area contributed by atoms with Crippen LogP contribution >= 0.6 is 0 Å². The second kappa shape index (κ2) is 7.21. The first-order valence-corrected chi connectivity index (χ1v) is 7.32. The molecule has 0 aliphatic carbocycles. The summed E-state index contributed by atoms with van der Waals surface area (Å²) in [5.74, 6) is 0. The van der Waals surface area contributed by atoms with E-state index in [4.69, 9.17) is 9.31 Å². The molecular weight excluding hydrogens is 265 g/mol. The fourth-order valence-corrected chi connectivity index (χ4v) is 1.71. The van der Waals surface area contributed by atoms with Gasteiger partial charge in [-0.25, -0.2) is 0 Å². The van der Waals surface area contributed by atoms with Crippen LogP contribution in [-0.2, 0) is 9.31 Å². The van der Waals surface area contributed by atoms with Gasteiger partial charge in [0.2, 0.25) is 0 Å². The molecule has 1 fully saturated rings. The highest BCUT2D eigenvalue weighted by atomic mass is 16.7. The lowest BCUT2D eigenvalue weighted by Gasteiger charge is -2.32. The lowest BCUT2D eigenvalue weighted by atomic mass is 9.79. The fourth-order valence-electron chi connectivity index (χ4n) is 1.71. The van der Waals surface area contributed by atoms with Crippen LogP contribution < -0.4 is 10.8 Å². The SMILES string of the molecule is CC1(C)OB(c2ccc(C=O)cc2)OC1(C)C.CCNC. The van der Waals surface area contributed by atoms with Crippen LogP contribution in [0.4, 0.5) is 0 Å². The Morgan fingerprint density at radius 2 is 1.52 bits per heavy atom. The van der Waals surface area contributed by atoms with E-state index in [2.05, 4.69) is 12.2 Å². The molecule has 1 aliphatic rings. The first-order valence-electron chi connectivity index (χ1n) is 7.32. The second-order valence-electron chi connectivity index (χ2n) is 6.08. The largest absolute Gasteiger partial charge is 0.494 e. The van der Waals surface area contributed by atoms with Gasteiger partial charge < -0.3 is 14.6 Å². The lowest BCUT2D eigenvalue weighted by Crippen LogP contribution is -2.41. The lowest BCUT2D eigenvalue weighted by molar-refractivity contribution is 0.00578. The third-order valence-electron chi connectivity index (χ3n) is 3.95. The molecule has 0 unspecified atom stereocenters. The maximum Gasteiger partial charge on any atom is 0.494 e. The first kappa shape index (κ1) is 17.9. The molecule has 0 atom stereocenters. The summed E-state index contributed by atoms with van der Waals surface area (Å²) < 4.78 is 11.8. The van der Waals surface area contributed by atoms with Gasteiger partial charge in [-0.15, -0.1) is 0 Å². The van der Waals surface area contributed by atoms with E-state index in [1.54, 1.807) is 12.1 Å². The molecule has 0 amide bonds. The van der Waals surface area contributed by atoms with Crippen LogP contribution in [0.25, 0.3) is 0 Å². The Labute approximate surface area is 128 Å². The van der Waals surface area contributed by atoms with Crippen LogP contribution in [0.3, 0.4) is 0 Å². The Hall–Kier alpha value is -1.17. The topological polar surface area (TPSA) is 47.6 Å². The monoisotopic (exact) mass is 291 g/mol. The van der Waals surface area contributed by atoms with Crippen LogP contribution in [-0.4, -0.2) is 38.2 Å². The molecule has 1 N–H and O–H groups in total. The Morgan fingerprint density at radius 1 is 1.10 bits per heavy atom. The highest BCUT2D eigenvalue weighted by Gasteiger charge is 2.51. The Kier molecular flexibility index (Phi) is 6.14. The maximum absolute atomic E-state index is 10.6. The molecule has 0 bridgehead atoms. The van der Waals surface area contributed by atoms with Gasteiger partial charge in [0.1, 0.15) is 6.29 Å². The van der Waals surface area contributed by atoms with Gasteiger partial charge in [-0.2, -0.15) is 0 Å². The molecule has 21 heavy (non-hydrogen) atoms. The van der Waals surface area contributed by atoms with Crippen LogP contribution in [0.5, 0.6) is 0 Å². The molecule has 1 heterocycles. The van der Waals surface area contributed by atoms with Crippen molar-refractivity contribution in [3.05, 3.63) is 29.8 Å². The van der Waals surface area contributed by atoms with E-state index in [0.29, 0.717) is 5.56 Å². The fraction of sp³-hybridized carbons (Fsp3) is 0.562. The number of carbonyl (C=O) groups excluding carboxylic acids is 1. The van der Waals surface area contributed by atoms with Crippen LogP contribution in [0.2, 0.25) is 0 Å². The summed E-state index contributed by atoms with van der Waals surface area (Å²) in [4.78, 5) is 10.6. The molecule has 1 aromatic carbocycles. The summed E-state index contributed by atoms with van der Waals surface area (Å²) in [6, 6.07) is 7.28. The van der Waals surface area contributed by atoms with Crippen molar-refractivity contribution >= 4 is 18.9 Å². The van der Waals surface area contributed by atoms with E-state index in [1.807, 2.05) is 46.9 Å². The van der Waals surface area contributed by atoms with Gasteiger partial charge >= 0.3 is 7.12 Å². The van der Waals surface area contributed by atoms with Gasteiger partial charge in [-0.3, -0.25) is 4.79 Å². The molecule has 0 saturated carbocycles. The second-order valence-corrected chi connectivity index (χ2v) is 6.08. The predicted octanol–water partition coefficient (Wildman–Crippen LogP) is 2.02. The number of nitrogens with one attached hydrogen (secondary N) is 1. The average molecular weight is 291 g/mol. The van der Waals surface area contributed by atoms with Gasteiger partial charge in [0.25, 0.3) is 0 Å². The van der Waals surface area contributed by atoms with E-state index < -0.39 is 0 Å². The van der Waals surface area contributed by atoms with Gasteiger partial charge in [0, 0.05) is 5.56 Å². The molecule has 1 aromatic rings. The van der Waals surface area contributed by atoms with Crippen LogP contribution in [0.15, 0.2) is 24.3 Å². The Balaban J connectivity index is 0.000000491. The summed E-state index contributed by atoms with van der Waals surface area (Å²) >= 11 is 0. The third kappa shape index (κ3) is 4.40. The molecule has 2 rings (SSSR count). The van der Waals surface area contributed by atoms with Crippen molar-refractivity contribution in [2.75, 3.05) is 13.6 Å². The van der Waals surface area contributed by atoms with Crippen LogP contribution in [0, 0.1) is 0 Å². The van der Waals surface area contributed by atoms with Gasteiger partial charge in [-0.1, -0.05) is 31.2 Å². The van der Waals surface area contributed by atoms with Gasteiger partial charge in [-0.05, 0) is 46.8 Å². The number of benzene rings is 1. The zero-order valence-corrected chi connectivity index (χ0v) is 13.9. The van der Waals surface area contributed by atoms with Crippen LogP contribution in [0.1, 0.15) is 45.0 Å². The normalized spacial score (nSPS) is 18.9. The predicted molar refractivity (Wildman–Crippen MR) is 87.1 cm³/mol. The summed E-state index contributed by atoms with van der Waals surface area (Å²) in [6.45, 7) is 11.2. The quantitative estimate of drug-likeness (QED) is 0.684. The molecule has 116 valence electrons. The third-order valence-corrected chi connectivity index (χ3v) is 3.95. The van der Waals surface area contributed by atoms with Crippen molar-refractivity contribution in [2.24, 2.45) is 0 Å². The molecule has 1 aliphatic heterocycles. The number of rotatable bonds is 3. The molecule has 0 aromatic heterocycles. The summed E-state index contributed by atoms with van der Waals surface area (Å²) in [5, 5.41) is 2.93. The molecule has 4 nitrogen and oxygen atoms in total.